The van der Waals surface area contributed by atoms with Gasteiger partial charge in [-0.3, -0.25) is 10.1 Å². The Kier molecular flexibility index (Phi) is 5.16. The van der Waals surface area contributed by atoms with Gasteiger partial charge in [0.2, 0.25) is 10.9 Å². The molecule has 1 aromatic heterocycles. The third-order valence-corrected chi connectivity index (χ3v) is 3.90. The number of anilines is 1. The van der Waals surface area contributed by atoms with E-state index in [1.165, 1.54) is 32.7 Å². The second kappa shape index (κ2) is 7.08. The Hall–Kier alpha value is -2.35. The lowest BCUT2D eigenvalue weighted by Gasteiger charge is -2.13. The van der Waals surface area contributed by atoms with Crippen molar-refractivity contribution >= 4 is 22.4 Å². The molecule has 1 N–H and O–H groups in total. The van der Waals surface area contributed by atoms with Crippen LogP contribution >= 0.6 is 11.3 Å². The fourth-order valence-corrected chi connectivity index (χ4v) is 2.50. The number of benzene rings is 1. The fourth-order valence-electron chi connectivity index (χ4n) is 1.83. The third-order valence-electron chi connectivity index (χ3n) is 2.92. The monoisotopic (exact) mass is 323 g/mol. The van der Waals surface area contributed by atoms with E-state index in [0.717, 1.165) is 11.4 Å². The molecule has 7 nitrogen and oxygen atoms in total. The summed E-state index contributed by atoms with van der Waals surface area (Å²) in [6, 6.07) is 3.16. The van der Waals surface area contributed by atoms with Crippen molar-refractivity contribution in [3.63, 3.8) is 0 Å². The summed E-state index contributed by atoms with van der Waals surface area (Å²) in [7, 11) is 4.50. The van der Waals surface area contributed by atoms with Gasteiger partial charge in [0.15, 0.2) is 11.5 Å². The highest BCUT2D eigenvalue weighted by molar-refractivity contribution is 7.15. The number of carbonyl (C=O) groups excluding carboxylic acids is 1. The molecule has 2 rings (SSSR count). The molecule has 0 aliphatic heterocycles. The number of methoxy groups -OCH3 is 3. The molecule has 0 aliphatic carbocycles. The Balaban J connectivity index is 2.29. The molecule has 0 bridgehead atoms. The van der Waals surface area contributed by atoms with E-state index in [1.807, 2.05) is 6.92 Å². The molecule has 1 aromatic carbocycles. The molecule has 8 heteroatoms. The lowest BCUT2D eigenvalue weighted by Crippen LogP contribution is -2.12. The summed E-state index contributed by atoms with van der Waals surface area (Å²) in [5.74, 6) is 0.945. The molecular formula is C14H17N3O4S. The molecule has 1 heterocycles. The highest BCUT2D eigenvalue weighted by Crippen LogP contribution is 2.38. The van der Waals surface area contributed by atoms with Crippen molar-refractivity contribution in [1.29, 1.82) is 0 Å². The summed E-state index contributed by atoms with van der Waals surface area (Å²) < 4.78 is 15.7. The van der Waals surface area contributed by atoms with Crippen molar-refractivity contribution in [1.82, 2.24) is 10.2 Å². The van der Waals surface area contributed by atoms with Crippen LogP contribution in [0.25, 0.3) is 0 Å². The number of carbonyl (C=O) groups is 1. The Labute approximate surface area is 132 Å². The zero-order chi connectivity index (χ0) is 16.1. The van der Waals surface area contributed by atoms with E-state index in [0.29, 0.717) is 27.9 Å². The number of nitrogens with one attached hydrogen (secondary N) is 1. The molecule has 0 radical (unpaired) electrons. The van der Waals surface area contributed by atoms with Gasteiger partial charge in [-0.1, -0.05) is 18.3 Å². The summed E-state index contributed by atoms with van der Waals surface area (Å²) in [5, 5.41) is 11.9. The predicted octanol–water partition coefficient (Wildman–Crippen LogP) is 2.38. The molecule has 2 aromatic rings. The van der Waals surface area contributed by atoms with Crippen molar-refractivity contribution in [2.75, 3.05) is 26.6 Å². The average Bonchev–Trinajstić information content (AvgIpc) is 3.00. The van der Waals surface area contributed by atoms with E-state index >= 15 is 0 Å². The summed E-state index contributed by atoms with van der Waals surface area (Å²) in [6.45, 7) is 1.98. The van der Waals surface area contributed by atoms with Crippen molar-refractivity contribution in [3.8, 4) is 17.2 Å². The topological polar surface area (TPSA) is 82.6 Å². The number of rotatable bonds is 6. The first-order chi connectivity index (χ1) is 10.6. The molecule has 0 spiro atoms. The van der Waals surface area contributed by atoms with E-state index in [4.69, 9.17) is 14.2 Å². The Morgan fingerprint density at radius 2 is 1.77 bits per heavy atom. The molecule has 0 fully saturated rings. The normalized spacial score (nSPS) is 10.2. The average molecular weight is 323 g/mol. The second-order valence-corrected chi connectivity index (χ2v) is 5.28. The van der Waals surface area contributed by atoms with Gasteiger partial charge in [0.1, 0.15) is 5.01 Å². The van der Waals surface area contributed by atoms with E-state index in [-0.39, 0.29) is 5.91 Å². The number of hydrogen-bond donors (Lipinski definition) is 1. The lowest BCUT2D eigenvalue weighted by atomic mass is 10.1. The zero-order valence-electron chi connectivity index (χ0n) is 12.8. The minimum absolute atomic E-state index is 0.321. The number of nitrogens with zero attached hydrogens (tertiary/aromatic N) is 2. The van der Waals surface area contributed by atoms with Crippen LogP contribution in [0.4, 0.5) is 5.13 Å². The predicted molar refractivity (Wildman–Crippen MR) is 83.3 cm³/mol. The smallest absolute Gasteiger partial charge is 0.257 e. The van der Waals surface area contributed by atoms with Crippen LogP contribution in [0, 0.1) is 0 Å². The van der Waals surface area contributed by atoms with Crippen molar-refractivity contribution in [3.05, 3.63) is 22.7 Å². The van der Waals surface area contributed by atoms with Gasteiger partial charge in [0.05, 0.1) is 21.3 Å². The van der Waals surface area contributed by atoms with Gasteiger partial charge < -0.3 is 14.2 Å². The number of aryl methyl sites for hydroxylation is 1. The molecule has 0 aliphatic rings. The fraction of sp³-hybridized carbons (Fsp3) is 0.357. The van der Waals surface area contributed by atoms with Crippen molar-refractivity contribution < 1.29 is 19.0 Å². The summed E-state index contributed by atoms with van der Waals surface area (Å²) in [6.07, 6.45) is 0.776. The molecule has 22 heavy (non-hydrogen) atoms. The standard InChI is InChI=1S/C14H17N3O4S/c1-5-11-16-17-14(22-11)15-13(18)8-6-9(19-2)12(21-4)10(7-8)20-3/h6-7H,5H2,1-4H3,(H,15,17,18). The van der Waals surface area contributed by atoms with Gasteiger partial charge >= 0.3 is 0 Å². The molecule has 0 atom stereocenters. The number of aromatic nitrogens is 2. The van der Waals surface area contributed by atoms with Crippen LogP contribution in [0.3, 0.4) is 0 Å². The van der Waals surface area contributed by atoms with Crippen LogP contribution in [-0.4, -0.2) is 37.4 Å². The van der Waals surface area contributed by atoms with Crippen LogP contribution in [-0.2, 0) is 6.42 Å². The number of ether oxygens (including phenoxy) is 3. The molecule has 0 unspecified atom stereocenters. The maximum Gasteiger partial charge on any atom is 0.257 e. The zero-order valence-corrected chi connectivity index (χ0v) is 13.6. The summed E-state index contributed by atoms with van der Waals surface area (Å²) in [4.78, 5) is 12.3. The van der Waals surface area contributed by atoms with Gasteiger partial charge in [-0.05, 0) is 18.6 Å². The van der Waals surface area contributed by atoms with Gasteiger partial charge in [0, 0.05) is 5.56 Å². The van der Waals surface area contributed by atoms with Gasteiger partial charge in [-0.25, -0.2) is 0 Å². The minimum Gasteiger partial charge on any atom is -0.493 e. The third kappa shape index (κ3) is 3.28. The second-order valence-electron chi connectivity index (χ2n) is 4.22. The highest BCUT2D eigenvalue weighted by Gasteiger charge is 2.18. The Bertz CT molecular complexity index is 647. The highest BCUT2D eigenvalue weighted by atomic mass is 32.1. The number of hydrogen-bond acceptors (Lipinski definition) is 7. The van der Waals surface area contributed by atoms with Crippen molar-refractivity contribution in [2.24, 2.45) is 0 Å². The number of amides is 1. The SMILES string of the molecule is CCc1nnc(NC(=O)c2cc(OC)c(OC)c(OC)c2)s1. The van der Waals surface area contributed by atoms with E-state index in [9.17, 15) is 4.79 Å². The minimum atomic E-state index is -0.321. The van der Waals surface area contributed by atoms with Crippen LogP contribution in [0.2, 0.25) is 0 Å². The first kappa shape index (κ1) is 16.0. The first-order valence-electron chi connectivity index (χ1n) is 6.56. The molecule has 0 saturated carbocycles. The summed E-state index contributed by atoms with van der Waals surface area (Å²) in [5.41, 5.74) is 0.378. The van der Waals surface area contributed by atoms with Gasteiger partial charge in [-0.15, -0.1) is 10.2 Å². The summed E-state index contributed by atoms with van der Waals surface area (Å²) >= 11 is 1.34. The van der Waals surface area contributed by atoms with E-state index < -0.39 is 0 Å². The Morgan fingerprint density at radius 1 is 1.14 bits per heavy atom. The van der Waals surface area contributed by atoms with Crippen LogP contribution in [0.1, 0.15) is 22.3 Å². The van der Waals surface area contributed by atoms with Gasteiger partial charge in [-0.2, -0.15) is 0 Å². The van der Waals surface area contributed by atoms with Crippen LogP contribution in [0.5, 0.6) is 17.2 Å². The quantitative estimate of drug-likeness (QED) is 0.879. The van der Waals surface area contributed by atoms with Gasteiger partial charge in [0.25, 0.3) is 5.91 Å². The van der Waals surface area contributed by atoms with Crippen LogP contribution in [0.15, 0.2) is 12.1 Å². The lowest BCUT2D eigenvalue weighted by molar-refractivity contribution is 0.102. The largest absolute Gasteiger partial charge is 0.493 e. The maximum atomic E-state index is 12.3. The van der Waals surface area contributed by atoms with E-state index in [1.54, 1.807) is 12.1 Å². The Morgan fingerprint density at radius 3 is 2.23 bits per heavy atom. The van der Waals surface area contributed by atoms with Crippen molar-refractivity contribution in [2.45, 2.75) is 13.3 Å². The maximum absolute atomic E-state index is 12.3. The van der Waals surface area contributed by atoms with E-state index in [2.05, 4.69) is 15.5 Å². The molecule has 0 saturated heterocycles. The van der Waals surface area contributed by atoms with Crippen LogP contribution < -0.4 is 19.5 Å². The molecule has 1 amide bonds. The molecular weight excluding hydrogens is 306 g/mol. The first-order valence-corrected chi connectivity index (χ1v) is 7.38. The molecule has 118 valence electrons.